The van der Waals surface area contributed by atoms with Crippen LogP contribution in [0.15, 0.2) is 12.2 Å². The molecule has 0 aromatic carbocycles. The van der Waals surface area contributed by atoms with E-state index in [1.165, 1.54) is 13.8 Å². The predicted molar refractivity (Wildman–Crippen MR) is 38.6 cm³/mol. The van der Waals surface area contributed by atoms with E-state index in [0.717, 1.165) is 0 Å². The Labute approximate surface area is 65.1 Å². The minimum Gasteiger partial charge on any atom is -0.433 e. The largest absolute Gasteiger partial charge is 0.433 e. The fraction of sp³-hybridized carbons (Fsp3) is 0.571. The molecule has 0 saturated carbocycles. The Morgan fingerprint density at radius 2 is 1.91 bits per heavy atom. The summed E-state index contributed by atoms with van der Waals surface area (Å²) in [5.74, 6) is -0.782. The number of esters is 1. The van der Waals surface area contributed by atoms with Crippen molar-refractivity contribution in [3.63, 3.8) is 0 Å². The van der Waals surface area contributed by atoms with Gasteiger partial charge in [0, 0.05) is 0 Å². The van der Waals surface area contributed by atoms with Gasteiger partial charge >= 0.3 is 5.97 Å². The van der Waals surface area contributed by atoms with E-state index in [0.29, 0.717) is 0 Å². The number of rotatable bonds is 3. The van der Waals surface area contributed by atoms with Crippen molar-refractivity contribution in [1.82, 2.24) is 0 Å². The first-order valence-corrected chi connectivity index (χ1v) is 3.21. The fourth-order valence-electron chi connectivity index (χ4n) is 0.401. The van der Waals surface area contributed by atoms with Crippen LogP contribution in [-0.4, -0.2) is 28.6 Å². The molecule has 11 heavy (non-hydrogen) atoms. The molecule has 0 aliphatic carbocycles. The Hall–Kier alpha value is -0.870. The van der Waals surface area contributed by atoms with Gasteiger partial charge in [0.15, 0.2) is 6.29 Å². The molecule has 0 aromatic heterocycles. The van der Waals surface area contributed by atoms with E-state index < -0.39 is 18.4 Å². The van der Waals surface area contributed by atoms with Crippen LogP contribution in [0.25, 0.3) is 0 Å². The second kappa shape index (κ2) is 4.10. The van der Waals surface area contributed by atoms with Gasteiger partial charge in [-0.1, -0.05) is 6.58 Å². The monoisotopic (exact) mass is 160 g/mol. The molecule has 2 atom stereocenters. The van der Waals surface area contributed by atoms with Crippen molar-refractivity contribution in [3.05, 3.63) is 12.2 Å². The average Bonchev–Trinajstić information content (AvgIpc) is 1.84. The molecule has 4 heteroatoms. The van der Waals surface area contributed by atoms with Gasteiger partial charge in [-0.2, -0.15) is 0 Å². The molecule has 0 rings (SSSR count). The molecule has 2 N–H and O–H groups in total. The summed E-state index contributed by atoms with van der Waals surface area (Å²) in [6.45, 7) is 5.96. The Morgan fingerprint density at radius 1 is 1.45 bits per heavy atom. The van der Waals surface area contributed by atoms with Crippen LogP contribution in [0.4, 0.5) is 0 Å². The highest BCUT2D eigenvalue weighted by Crippen LogP contribution is 2.02. The fourth-order valence-corrected chi connectivity index (χ4v) is 0.401. The zero-order chi connectivity index (χ0) is 9.02. The highest BCUT2D eigenvalue weighted by molar-refractivity contribution is 5.88. The lowest BCUT2D eigenvalue weighted by Gasteiger charge is -2.09. The second-order valence-electron chi connectivity index (χ2n) is 2.21. The van der Waals surface area contributed by atoms with Crippen molar-refractivity contribution in [2.24, 2.45) is 0 Å². The molecule has 0 spiro atoms. The molecular weight excluding hydrogens is 148 g/mol. The van der Waals surface area contributed by atoms with Crippen LogP contribution < -0.4 is 0 Å². The minimum atomic E-state index is -1.17. The molecule has 0 saturated heterocycles. The topological polar surface area (TPSA) is 66.8 Å². The third kappa shape index (κ3) is 3.75. The molecule has 0 aliphatic rings. The Kier molecular flexibility index (Phi) is 3.78. The van der Waals surface area contributed by atoms with E-state index in [2.05, 4.69) is 11.3 Å². The molecule has 0 aliphatic heterocycles. The van der Waals surface area contributed by atoms with E-state index in [-0.39, 0.29) is 5.57 Å². The SMILES string of the molecule is C=C(C(=O)OC(C)O)C(C)O. The Morgan fingerprint density at radius 3 is 2.18 bits per heavy atom. The first-order valence-electron chi connectivity index (χ1n) is 3.21. The molecule has 0 bridgehead atoms. The lowest BCUT2D eigenvalue weighted by atomic mass is 10.2. The van der Waals surface area contributed by atoms with Gasteiger partial charge in [-0.05, 0) is 13.8 Å². The first-order chi connectivity index (χ1) is 4.95. The van der Waals surface area contributed by atoms with E-state index in [4.69, 9.17) is 10.2 Å². The van der Waals surface area contributed by atoms with Crippen LogP contribution in [-0.2, 0) is 9.53 Å². The summed E-state index contributed by atoms with van der Waals surface area (Å²) in [7, 11) is 0. The maximum atomic E-state index is 10.8. The van der Waals surface area contributed by atoms with Gasteiger partial charge < -0.3 is 14.9 Å². The minimum absolute atomic E-state index is 0.0640. The van der Waals surface area contributed by atoms with Crippen molar-refractivity contribution in [1.29, 1.82) is 0 Å². The number of ether oxygens (including phenoxy) is 1. The quantitative estimate of drug-likeness (QED) is 0.341. The molecule has 0 amide bonds. The molecule has 0 heterocycles. The summed E-state index contributed by atoms with van der Waals surface area (Å²) in [6.07, 6.45) is -2.11. The van der Waals surface area contributed by atoms with Crippen molar-refractivity contribution < 1.29 is 19.7 Å². The van der Waals surface area contributed by atoms with Gasteiger partial charge in [-0.25, -0.2) is 4.79 Å². The van der Waals surface area contributed by atoms with Gasteiger partial charge in [0.2, 0.25) is 0 Å². The van der Waals surface area contributed by atoms with Crippen LogP contribution in [0.5, 0.6) is 0 Å². The summed E-state index contributed by atoms with van der Waals surface area (Å²) in [5.41, 5.74) is -0.0640. The van der Waals surface area contributed by atoms with Crippen molar-refractivity contribution in [2.75, 3.05) is 0 Å². The van der Waals surface area contributed by atoms with Crippen LogP contribution in [0, 0.1) is 0 Å². The number of carbonyl (C=O) groups excluding carboxylic acids is 1. The summed E-state index contributed by atoms with van der Waals surface area (Å²) in [6, 6.07) is 0. The summed E-state index contributed by atoms with van der Waals surface area (Å²) in [4.78, 5) is 10.8. The van der Waals surface area contributed by atoms with Gasteiger partial charge in [0.25, 0.3) is 0 Å². The standard InChI is InChI=1S/C7H12O4/c1-4(5(2)8)7(10)11-6(3)9/h5-6,8-9H,1H2,2-3H3. The van der Waals surface area contributed by atoms with Crippen LogP contribution in [0.2, 0.25) is 0 Å². The molecule has 0 radical (unpaired) electrons. The van der Waals surface area contributed by atoms with Crippen LogP contribution >= 0.6 is 0 Å². The number of hydrogen-bond acceptors (Lipinski definition) is 4. The average molecular weight is 160 g/mol. The lowest BCUT2D eigenvalue weighted by molar-refractivity contribution is -0.160. The zero-order valence-corrected chi connectivity index (χ0v) is 6.57. The molecular formula is C7H12O4. The highest BCUT2D eigenvalue weighted by Gasteiger charge is 2.14. The molecule has 2 unspecified atom stereocenters. The van der Waals surface area contributed by atoms with E-state index in [1.807, 2.05) is 0 Å². The Balaban J connectivity index is 3.94. The van der Waals surface area contributed by atoms with Crippen molar-refractivity contribution in [3.8, 4) is 0 Å². The maximum absolute atomic E-state index is 10.8. The molecule has 64 valence electrons. The number of aliphatic hydroxyl groups is 2. The van der Waals surface area contributed by atoms with E-state index in [9.17, 15) is 4.79 Å². The number of hydrogen-bond donors (Lipinski definition) is 2. The molecule has 0 fully saturated rings. The normalized spacial score (nSPS) is 15.3. The van der Waals surface area contributed by atoms with E-state index >= 15 is 0 Å². The van der Waals surface area contributed by atoms with E-state index in [1.54, 1.807) is 0 Å². The summed E-state index contributed by atoms with van der Waals surface area (Å²) >= 11 is 0. The predicted octanol–water partition coefficient (Wildman–Crippen LogP) is -0.195. The van der Waals surface area contributed by atoms with Gasteiger partial charge in [0.05, 0.1) is 11.7 Å². The maximum Gasteiger partial charge on any atom is 0.338 e. The van der Waals surface area contributed by atoms with Gasteiger partial charge in [-0.3, -0.25) is 0 Å². The summed E-state index contributed by atoms with van der Waals surface area (Å²) in [5, 5.41) is 17.4. The van der Waals surface area contributed by atoms with Gasteiger partial charge in [-0.15, -0.1) is 0 Å². The molecule has 4 nitrogen and oxygen atoms in total. The third-order valence-corrected chi connectivity index (χ3v) is 1.04. The third-order valence-electron chi connectivity index (χ3n) is 1.04. The lowest BCUT2D eigenvalue weighted by Crippen LogP contribution is -2.20. The second-order valence-corrected chi connectivity index (χ2v) is 2.21. The first kappa shape index (κ1) is 10.1. The summed E-state index contributed by atoms with van der Waals surface area (Å²) < 4.78 is 4.33. The van der Waals surface area contributed by atoms with Gasteiger partial charge in [0.1, 0.15) is 0 Å². The number of aliphatic hydroxyl groups excluding tert-OH is 2. The zero-order valence-electron chi connectivity index (χ0n) is 6.57. The van der Waals surface area contributed by atoms with Crippen LogP contribution in [0.3, 0.4) is 0 Å². The van der Waals surface area contributed by atoms with Crippen LogP contribution in [0.1, 0.15) is 13.8 Å². The van der Waals surface area contributed by atoms with Crippen molar-refractivity contribution in [2.45, 2.75) is 26.2 Å². The molecule has 0 aromatic rings. The highest BCUT2D eigenvalue weighted by atomic mass is 16.6. The Bertz CT molecular complexity index is 160. The number of carbonyl (C=O) groups is 1. The smallest absolute Gasteiger partial charge is 0.338 e. The van der Waals surface area contributed by atoms with Crippen molar-refractivity contribution >= 4 is 5.97 Å².